The van der Waals surface area contributed by atoms with Crippen LogP contribution in [0.4, 0.5) is 0 Å². The zero-order valence-corrected chi connectivity index (χ0v) is 9.45. The van der Waals surface area contributed by atoms with Crippen molar-refractivity contribution in [2.24, 2.45) is 5.14 Å². The first-order valence-corrected chi connectivity index (χ1v) is 6.15. The van der Waals surface area contributed by atoms with Crippen LogP contribution in [0.5, 0.6) is 0 Å². The van der Waals surface area contributed by atoms with E-state index in [1.54, 1.807) is 6.08 Å². The molecule has 0 unspecified atom stereocenters. The van der Waals surface area contributed by atoms with E-state index in [9.17, 15) is 8.42 Å². The Morgan fingerprint density at radius 3 is 2.53 bits per heavy atom. The van der Waals surface area contributed by atoms with Gasteiger partial charge in [-0.3, -0.25) is 4.18 Å². The molecule has 0 saturated heterocycles. The van der Waals surface area contributed by atoms with E-state index in [4.69, 9.17) is 0 Å². The molecule has 4 nitrogen and oxygen atoms in total. The predicted molar refractivity (Wildman–Crippen MR) is 61.4 cm³/mol. The summed E-state index contributed by atoms with van der Waals surface area (Å²) in [5.74, 6) is 0. The first kappa shape index (κ1) is 14.1. The molecule has 0 saturated carbocycles. The summed E-state index contributed by atoms with van der Waals surface area (Å²) in [5, 5.41) is 4.65. The highest BCUT2D eigenvalue weighted by Gasteiger charge is 1.99. The largest absolute Gasteiger partial charge is 0.333 e. The number of allylic oxidation sites excluding steroid dienone is 5. The second-order valence-electron chi connectivity index (χ2n) is 2.86. The quantitative estimate of drug-likeness (QED) is 0.510. The van der Waals surface area contributed by atoms with Crippen molar-refractivity contribution in [3.8, 4) is 0 Å². The Morgan fingerprint density at radius 1 is 1.20 bits per heavy atom. The van der Waals surface area contributed by atoms with E-state index in [1.807, 2.05) is 24.3 Å². The van der Waals surface area contributed by atoms with E-state index in [0.29, 0.717) is 6.42 Å². The van der Waals surface area contributed by atoms with Gasteiger partial charge in [-0.2, -0.15) is 8.42 Å². The number of unbranched alkanes of at least 4 members (excludes halogenated alkanes) is 2. The van der Waals surface area contributed by atoms with E-state index in [0.717, 1.165) is 12.8 Å². The van der Waals surface area contributed by atoms with Gasteiger partial charge in [0.25, 0.3) is 0 Å². The molecular weight excluding hydrogens is 214 g/mol. The van der Waals surface area contributed by atoms with Crippen molar-refractivity contribution in [3.63, 3.8) is 0 Å². The van der Waals surface area contributed by atoms with Crippen LogP contribution in [-0.2, 0) is 14.5 Å². The lowest BCUT2D eigenvalue weighted by atomic mass is 10.2. The summed E-state index contributed by atoms with van der Waals surface area (Å²) in [4.78, 5) is 0. The monoisotopic (exact) mass is 231 g/mol. The van der Waals surface area contributed by atoms with Crippen molar-refractivity contribution >= 4 is 10.3 Å². The molecule has 0 bridgehead atoms. The predicted octanol–water partition coefficient (Wildman–Crippen LogP) is 1.68. The minimum atomic E-state index is -3.77. The van der Waals surface area contributed by atoms with E-state index < -0.39 is 10.3 Å². The summed E-state index contributed by atoms with van der Waals surface area (Å²) in [5.41, 5.74) is 0. The van der Waals surface area contributed by atoms with Gasteiger partial charge in [0.05, 0.1) is 6.61 Å². The maximum atomic E-state index is 10.4. The summed E-state index contributed by atoms with van der Waals surface area (Å²) in [6.07, 6.45) is 11.8. The van der Waals surface area contributed by atoms with Crippen molar-refractivity contribution < 1.29 is 12.6 Å². The van der Waals surface area contributed by atoms with Crippen LogP contribution in [0.3, 0.4) is 0 Å². The van der Waals surface area contributed by atoms with Crippen molar-refractivity contribution in [1.29, 1.82) is 0 Å². The maximum Gasteiger partial charge on any atom is 0.333 e. The van der Waals surface area contributed by atoms with Crippen molar-refractivity contribution in [2.45, 2.75) is 19.3 Å². The Morgan fingerprint density at radius 2 is 1.93 bits per heavy atom. The summed E-state index contributed by atoms with van der Waals surface area (Å²) >= 11 is 0. The molecule has 0 aromatic carbocycles. The zero-order chi connectivity index (χ0) is 11.6. The number of hydrogen-bond acceptors (Lipinski definition) is 3. The molecule has 2 N–H and O–H groups in total. The molecule has 0 heterocycles. The van der Waals surface area contributed by atoms with Gasteiger partial charge in [0.2, 0.25) is 0 Å². The first-order chi connectivity index (χ1) is 7.06. The van der Waals surface area contributed by atoms with Gasteiger partial charge in [0.1, 0.15) is 0 Å². The average Bonchev–Trinajstić information content (AvgIpc) is 2.14. The minimum absolute atomic E-state index is 0.148. The Labute approximate surface area is 91.4 Å². The van der Waals surface area contributed by atoms with Gasteiger partial charge in [0.15, 0.2) is 0 Å². The molecule has 0 aromatic heterocycles. The molecule has 0 amide bonds. The van der Waals surface area contributed by atoms with Gasteiger partial charge in [-0.05, 0) is 19.3 Å². The molecule has 0 rings (SSSR count). The van der Waals surface area contributed by atoms with Gasteiger partial charge in [-0.15, -0.1) is 0 Å². The smallest absolute Gasteiger partial charge is 0.258 e. The van der Waals surface area contributed by atoms with Gasteiger partial charge in [0, 0.05) is 0 Å². The molecule has 0 fully saturated rings. The fraction of sp³-hybridized carbons (Fsp3) is 0.400. The second kappa shape index (κ2) is 8.40. The second-order valence-corrected chi connectivity index (χ2v) is 4.08. The fourth-order valence-electron chi connectivity index (χ4n) is 0.857. The van der Waals surface area contributed by atoms with Crippen molar-refractivity contribution in [3.05, 3.63) is 37.0 Å². The fourth-order valence-corrected chi connectivity index (χ4v) is 1.21. The lowest BCUT2D eigenvalue weighted by Crippen LogP contribution is -2.16. The summed E-state index contributed by atoms with van der Waals surface area (Å²) in [6.45, 7) is 3.68. The molecule has 0 atom stereocenters. The van der Waals surface area contributed by atoms with E-state index in [-0.39, 0.29) is 6.61 Å². The average molecular weight is 231 g/mol. The highest BCUT2D eigenvalue weighted by atomic mass is 32.2. The molecule has 86 valence electrons. The van der Waals surface area contributed by atoms with Crippen LogP contribution in [0.1, 0.15) is 19.3 Å². The van der Waals surface area contributed by atoms with Gasteiger partial charge in [-0.1, -0.05) is 37.0 Å². The van der Waals surface area contributed by atoms with Crippen LogP contribution in [0.15, 0.2) is 37.0 Å². The Bertz CT molecular complexity index is 318. The third-order valence-electron chi connectivity index (χ3n) is 1.51. The first-order valence-electron chi connectivity index (χ1n) is 4.67. The SMILES string of the molecule is C=C/C=C\C=C/CCCCOS(N)(=O)=O. The van der Waals surface area contributed by atoms with Crippen LogP contribution in [0.2, 0.25) is 0 Å². The summed E-state index contributed by atoms with van der Waals surface area (Å²) < 4.78 is 25.1. The van der Waals surface area contributed by atoms with E-state index >= 15 is 0 Å². The molecule has 15 heavy (non-hydrogen) atoms. The summed E-state index contributed by atoms with van der Waals surface area (Å²) in [7, 11) is -3.77. The molecule has 0 aliphatic carbocycles. The van der Waals surface area contributed by atoms with Crippen LogP contribution in [0.25, 0.3) is 0 Å². The normalized spacial score (nSPS) is 12.6. The van der Waals surface area contributed by atoms with Crippen LogP contribution >= 0.6 is 0 Å². The highest BCUT2D eigenvalue weighted by Crippen LogP contribution is 1.98. The number of rotatable bonds is 8. The van der Waals surface area contributed by atoms with Crippen LogP contribution < -0.4 is 5.14 Å². The van der Waals surface area contributed by atoms with Crippen LogP contribution in [-0.4, -0.2) is 15.0 Å². The van der Waals surface area contributed by atoms with Gasteiger partial charge >= 0.3 is 10.3 Å². The van der Waals surface area contributed by atoms with Crippen LogP contribution in [0, 0.1) is 0 Å². The Kier molecular flexibility index (Phi) is 7.89. The lowest BCUT2D eigenvalue weighted by molar-refractivity contribution is 0.309. The molecule has 0 aromatic rings. The highest BCUT2D eigenvalue weighted by molar-refractivity contribution is 7.84. The molecular formula is C10H17NO3S. The molecule has 0 spiro atoms. The van der Waals surface area contributed by atoms with Gasteiger partial charge < -0.3 is 0 Å². The molecule has 0 aliphatic rings. The van der Waals surface area contributed by atoms with E-state index in [2.05, 4.69) is 15.9 Å². The number of hydrogen-bond donors (Lipinski definition) is 1. The molecule has 0 aliphatic heterocycles. The Hall–Kier alpha value is -0.910. The number of nitrogens with two attached hydrogens (primary N) is 1. The lowest BCUT2D eigenvalue weighted by Gasteiger charge is -1.98. The molecule has 5 heteroatoms. The zero-order valence-electron chi connectivity index (χ0n) is 8.63. The maximum absolute atomic E-state index is 10.4. The third kappa shape index (κ3) is 13.1. The van der Waals surface area contributed by atoms with E-state index in [1.165, 1.54) is 0 Å². The standard InChI is InChI=1S/C10H17NO3S/c1-2-3-4-5-6-7-8-9-10-14-15(11,12)13/h2-6H,1,7-10H2,(H2,11,12,13)/b4-3-,6-5-. The van der Waals surface area contributed by atoms with Gasteiger partial charge in [-0.25, -0.2) is 5.14 Å². The molecule has 0 radical (unpaired) electrons. The Balaban J connectivity index is 3.36. The third-order valence-corrected chi connectivity index (χ3v) is 2.00. The summed E-state index contributed by atoms with van der Waals surface area (Å²) in [6, 6.07) is 0. The topological polar surface area (TPSA) is 69.4 Å². The van der Waals surface area contributed by atoms with Crippen molar-refractivity contribution in [1.82, 2.24) is 0 Å². The van der Waals surface area contributed by atoms with Crippen molar-refractivity contribution in [2.75, 3.05) is 6.61 Å². The minimum Gasteiger partial charge on any atom is -0.258 e.